The van der Waals surface area contributed by atoms with Crippen molar-refractivity contribution >= 4 is 29.7 Å². The molecule has 0 aliphatic carbocycles. The van der Waals surface area contributed by atoms with E-state index in [1.807, 2.05) is 11.8 Å². The van der Waals surface area contributed by atoms with Crippen molar-refractivity contribution in [2.24, 2.45) is 0 Å². The van der Waals surface area contributed by atoms with E-state index in [9.17, 15) is 4.79 Å². The van der Waals surface area contributed by atoms with E-state index >= 15 is 0 Å². The molecule has 0 atom stereocenters. The van der Waals surface area contributed by atoms with Gasteiger partial charge in [0, 0.05) is 12.6 Å². The fourth-order valence-electron chi connectivity index (χ4n) is 2.41. The van der Waals surface area contributed by atoms with Gasteiger partial charge in [-0.1, -0.05) is 6.92 Å². The van der Waals surface area contributed by atoms with Crippen LogP contribution in [-0.2, 0) is 0 Å². The number of aryl methyl sites for hydroxylation is 1. The zero-order valence-electron chi connectivity index (χ0n) is 11.5. The first-order chi connectivity index (χ1) is 8.72. The second-order valence-corrected chi connectivity index (χ2v) is 5.96. The lowest BCUT2D eigenvalue weighted by atomic mass is 10.0. The van der Waals surface area contributed by atoms with E-state index in [0.29, 0.717) is 6.04 Å². The second kappa shape index (κ2) is 7.82. The van der Waals surface area contributed by atoms with Gasteiger partial charge >= 0.3 is 0 Å². The van der Waals surface area contributed by atoms with Crippen molar-refractivity contribution in [2.45, 2.75) is 39.2 Å². The Morgan fingerprint density at radius 1 is 1.53 bits per heavy atom. The number of hydrogen-bond donors (Lipinski definition) is 1. The van der Waals surface area contributed by atoms with Gasteiger partial charge in [-0.2, -0.15) is 0 Å². The number of piperidine rings is 1. The maximum atomic E-state index is 12.5. The molecule has 0 bridgehead atoms. The number of hydrogen-bond acceptors (Lipinski definition) is 4. The monoisotopic (exact) mass is 303 g/mol. The average Bonchev–Trinajstić information content (AvgIpc) is 2.83. The minimum absolute atomic E-state index is 0. The molecule has 1 N–H and O–H groups in total. The number of nitrogens with one attached hydrogen (secondary N) is 1. The van der Waals surface area contributed by atoms with Crippen LogP contribution in [0, 0.1) is 6.92 Å². The Bertz CT molecular complexity index is 404. The molecule has 0 saturated carbocycles. The SMILES string of the molecule is CCCN(C(=O)c1cnc(C)s1)C1CCNCC1.Cl. The molecule has 0 spiro atoms. The summed E-state index contributed by atoms with van der Waals surface area (Å²) in [6, 6.07) is 0.390. The Hall–Kier alpha value is -0.650. The summed E-state index contributed by atoms with van der Waals surface area (Å²) in [4.78, 5) is 19.5. The molecular weight excluding hydrogens is 282 g/mol. The van der Waals surface area contributed by atoms with Gasteiger partial charge in [-0.3, -0.25) is 4.79 Å². The van der Waals surface area contributed by atoms with E-state index < -0.39 is 0 Å². The number of amides is 1. The highest BCUT2D eigenvalue weighted by molar-refractivity contribution is 7.13. The van der Waals surface area contributed by atoms with E-state index in [-0.39, 0.29) is 18.3 Å². The van der Waals surface area contributed by atoms with Crippen molar-refractivity contribution < 1.29 is 4.79 Å². The minimum atomic E-state index is 0. The number of rotatable bonds is 4. The highest BCUT2D eigenvalue weighted by Gasteiger charge is 2.26. The van der Waals surface area contributed by atoms with Gasteiger partial charge in [0.15, 0.2) is 0 Å². The third-order valence-corrected chi connectivity index (χ3v) is 4.21. The largest absolute Gasteiger partial charge is 0.335 e. The van der Waals surface area contributed by atoms with Gasteiger partial charge < -0.3 is 10.2 Å². The summed E-state index contributed by atoms with van der Waals surface area (Å²) < 4.78 is 0. The maximum Gasteiger partial charge on any atom is 0.265 e. The summed E-state index contributed by atoms with van der Waals surface area (Å²) in [6.45, 7) is 6.94. The zero-order chi connectivity index (χ0) is 13.0. The Labute approximate surface area is 125 Å². The molecule has 0 radical (unpaired) electrons. The van der Waals surface area contributed by atoms with Crippen molar-refractivity contribution in [3.05, 3.63) is 16.1 Å². The Balaban J connectivity index is 0.00000180. The number of carbonyl (C=O) groups is 1. The molecule has 1 aromatic heterocycles. The molecule has 6 heteroatoms. The summed E-state index contributed by atoms with van der Waals surface area (Å²) in [7, 11) is 0. The first kappa shape index (κ1) is 16.4. The fourth-order valence-corrected chi connectivity index (χ4v) is 3.14. The number of nitrogens with zero attached hydrogens (tertiary/aromatic N) is 2. The predicted molar refractivity (Wildman–Crippen MR) is 81.3 cm³/mol. The quantitative estimate of drug-likeness (QED) is 0.929. The molecule has 1 amide bonds. The Morgan fingerprint density at radius 2 is 2.21 bits per heavy atom. The van der Waals surface area contributed by atoms with E-state index in [4.69, 9.17) is 0 Å². The van der Waals surface area contributed by atoms with Crippen molar-refractivity contribution in [3.63, 3.8) is 0 Å². The lowest BCUT2D eigenvalue weighted by Gasteiger charge is -2.34. The van der Waals surface area contributed by atoms with Gasteiger partial charge in [0.25, 0.3) is 5.91 Å². The topological polar surface area (TPSA) is 45.2 Å². The van der Waals surface area contributed by atoms with Crippen LogP contribution in [0.1, 0.15) is 40.9 Å². The number of aromatic nitrogens is 1. The molecule has 108 valence electrons. The molecule has 19 heavy (non-hydrogen) atoms. The van der Waals surface area contributed by atoms with Crippen LogP contribution < -0.4 is 5.32 Å². The van der Waals surface area contributed by atoms with Gasteiger partial charge in [0.2, 0.25) is 0 Å². The van der Waals surface area contributed by atoms with Crippen LogP contribution in [0.4, 0.5) is 0 Å². The molecule has 2 heterocycles. The van der Waals surface area contributed by atoms with Crippen LogP contribution in [-0.4, -0.2) is 41.5 Å². The molecule has 0 unspecified atom stereocenters. The summed E-state index contributed by atoms with van der Waals surface area (Å²) in [5, 5.41) is 4.31. The van der Waals surface area contributed by atoms with Crippen LogP contribution in [0.25, 0.3) is 0 Å². The van der Waals surface area contributed by atoms with E-state index in [2.05, 4.69) is 17.2 Å². The number of carbonyl (C=O) groups excluding carboxylic acids is 1. The molecule has 1 fully saturated rings. The summed E-state index contributed by atoms with van der Waals surface area (Å²) in [6.07, 6.45) is 4.84. The van der Waals surface area contributed by atoms with E-state index in [1.54, 1.807) is 6.20 Å². The van der Waals surface area contributed by atoms with Crippen LogP contribution >= 0.6 is 23.7 Å². The van der Waals surface area contributed by atoms with Crippen LogP contribution in [0.3, 0.4) is 0 Å². The molecule has 1 aliphatic heterocycles. The molecule has 2 rings (SSSR count). The van der Waals surface area contributed by atoms with Gasteiger partial charge in [0.05, 0.1) is 11.2 Å². The van der Waals surface area contributed by atoms with Crippen molar-refractivity contribution in [1.29, 1.82) is 0 Å². The van der Waals surface area contributed by atoms with E-state index in [1.165, 1.54) is 11.3 Å². The molecule has 4 nitrogen and oxygen atoms in total. The maximum absolute atomic E-state index is 12.5. The second-order valence-electron chi connectivity index (χ2n) is 4.72. The Morgan fingerprint density at radius 3 is 2.74 bits per heavy atom. The first-order valence-electron chi connectivity index (χ1n) is 6.66. The number of halogens is 1. The summed E-state index contributed by atoms with van der Waals surface area (Å²) in [5.41, 5.74) is 0. The van der Waals surface area contributed by atoms with Crippen molar-refractivity contribution in [3.8, 4) is 0 Å². The average molecular weight is 304 g/mol. The molecule has 0 aromatic carbocycles. The lowest BCUT2D eigenvalue weighted by Crippen LogP contribution is -2.46. The standard InChI is InChI=1S/C13H21N3OS.ClH/c1-3-8-16(11-4-6-14-7-5-11)13(17)12-9-15-10(2)18-12;/h9,11,14H,3-8H2,1-2H3;1H. The third-order valence-electron chi connectivity index (χ3n) is 3.31. The van der Waals surface area contributed by atoms with Crippen LogP contribution in [0.2, 0.25) is 0 Å². The molecule has 1 aliphatic rings. The normalized spacial score (nSPS) is 15.9. The van der Waals surface area contributed by atoms with E-state index in [0.717, 1.165) is 48.8 Å². The lowest BCUT2D eigenvalue weighted by molar-refractivity contribution is 0.0647. The van der Waals surface area contributed by atoms with Gasteiger partial charge in [0.1, 0.15) is 4.88 Å². The predicted octanol–water partition coefficient (Wildman–Crippen LogP) is 2.48. The first-order valence-corrected chi connectivity index (χ1v) is 7.48. The Kier molecular flexibility index (Phi) is 6.75. The molecule has 1 saturated heterocycles. The number of thiazole rings is 1. The highest BCUT2D eigenvalue weighted by atomic mass is 35.5. The van der Waals surface area contributed by atoms with Crippen LogP contribution in [0.15, 0.2) is 6.20 Å². The fraction of sp³-hybridized carbons (Fsp3) is 0.692. The third kappa shape index (κ3) is 4.16. The molecule has 1 aromatic rings. The summed E-state index contributed by atoms with van der Waals surface area (Å²) in [5.74, 6) is 0.161. The molecular formula is C13H22ClN3OS. The smallest absolute Gasteiger partial charge is 0.265 e. The van der Waals surface area contributed by atoms with Crippen molar-refractivity contribution in [2.75, 3.05) is 19.6 Å². The highest BCUT2D eigenvalue weighted by Crippen LogP contribution is 2.19. The zero-order valence-corrected chi connectivity index (χ0v) is 13.1. The van der Waals surface area contributed by atoms with Crippen molar-refractivity contribution in [1.82, 2.24) is 15.2 Å². The van der Waals surface area contributed by atoms with Gasteiger partial charge in [-0.25, -0.2) is 4.98 Å². The minimum Gasteiger partial charge on any atom is -0.335 e. The van der Waals surface area contributed by atoms with Gasteiger partial charge in [-0.15, -0.1) is 23.7 Å². The van der Waals surface area contributed by atoms with Crippen LogP contribution in [0.5, 0.6) is 0 Å². The van der Waals surface area contributed by atoms with Gasteiger partial charge in [-0.05, 0) is 39.3 Å². The summed E-state index contributed by atoms with van der Waals surface area (Å²) >= 11 is 1.50.